The summed E-state index contributed by atoms with van der Waals surface area (Å²) in [5, 5.41) is 5.68. The van der Waals surface area contributed by atoms with Gasteiger partial charge in [0.1, 0.15) is 5.82 Å². The van der Waals surface area contributed by atoms with Gasteiger partial charge in [0.2, 0.25) is 11.8 Å². The molecular weight excluding hydrogens is 371 g/mol. The predicted molar refractivity (Wildman–Crippen MR) is 105 cm³/mol. The van der Waals surface area contributed by atoms with Gasteiger partial charge < -0.3 is 10.6 Å². The summed E-state index contributed by atoms with van der Waals surface area (Å²) in [5.74, 6) is -0.688. The first-order valence-corrected chi connectivity index (χ1v) is 9.43. The molecule has 2 rings (SSSR count). The average molecular weight is 399 g/mol. The van der Waals surface area contributed by atoms with Gasteiger partial charge in [0, 0.05) is 36.9 Å². The average Bonchev–Trinajstić information content (AvgIpc) is 2.51. The van der Waals surface area contributed by atoms with Crippen LogP contribution in [0.15, 0.2) is 18.2 Å². The number of rotatable bonds is 5. The van der Waals surface area contributed by atoms with Crippen LogP contribution in [0.2, 0.25) is 5.02 Å². The van der Waals surface area contributed by atoms with Crippen LogP contribution in [0, 0.1) is 5.82 Å². The van der Waals surface area contributed by atoms with Gasteiger partial charge in [-0.1, -0.05) is 11.6 Å². The van der Waals surface area contributed by atoms with Crippen LogP contribution >= 0.6 is 11.6 Å². The number of carbonyl (C=O) groups excluding carboxylic acids is 2. The van der Waals surface area contributed by atoms with Crippen LogP contribution in [0.5, 0.6) is 0 Å². The van der Waals surface area contributed by atoms with Crippen LogP contribution in [-0.4, -0.2) is 65.9 Å². The van der Waals surface area contributed by atoms with E-state index in [0.29, 0.717) is 25.3 Å². The van der Waals surface area contributed by atoms with Gasteiger partial charge >= 0.3 is 0 Å². The van der Waals surface area contributed by atoms with Crippen molar-refractivity contribution in [3.63, 3.8) is 0 Å². The molecule has 0 spiro atoms. The Morgan fingerprint density at radius 2 is 1.93 bits per heavy atom. The van der Waals surface area contributed by atoms with Gasteiger partial charge in [0.15, 0.2) is 0 Å². The second kappa shape index (κ2) is 8.99. The molecule has 0 saturated carbocycles. The van der Waals surface area contributed by atoms with E-state index >= 15 is 0 Å². The summed E-state index contributed by atoms with van der Waals surface area (Å²) >= 11 is 5.74. The van der Waals surface area contributed by atoms with E-state index in [-0.39, 0.29) is 35.0 Å². The van der Waals surface area contributed by atoms with Crippen molar-refractivity contribution >= 4 is 29.1 Å². The van der Waals surface area contributed by atoms with E-state index in [1.54, 1.807) is 0 Å². The number of carbonyl (C=O) groups is 2. The number of nitrogens with zero attached hydrogens (tertiary/aromatic N) is 2. The molecule has 27 heavy (non-hydrogen) atoms. The smallest absolute Gasteiger partial charge is 0.238 e. The third-order valence-corrected chi connectivity index (χ3v) is 4.57. The standard InChI is InChI=1S/C19H28ClFN4O2/c1-13-10-24(11-18(27)23-19(2,3)4)7-8-25(13)12-17(26)22-14-5-6-16(21)15(20)9-14/h5-6,9,13H,7-8,10-12H2,1-4H3,(H,22,26)(H,23,27)/t13-/m1/s1. The van der Waals surface area contributed by atoms with Crippen LogP contribution < -0.4 is 10.6 Å². The number of amides is 2. The molecule has 6 nitrogen and oxygen atoms in total. The third kappa shape index (κ3) is 7.08. The molecule has 8 heteroatoms. The summed E-state index contributed by atoms with van der Waals surface area (Å²) in [6.45, 7) is 10.6. The normalized spacial score (nSPS) is 19.0. The molecule has 0 aromatic heterocycles. The Labute approximate surface area is 165 Å². The minimum atomic E-state index is -0.519. The largest absolute Gasteiger partial charge is 0.350 e. The van der Waals surface area contributed by atoms with E-state index in [4.69, 9.17) is 11.6 Å². The van der Waals surface area contributed by atoms with E-state index in [1.165, 1.54) is 18.2 Å². The molecule has 2 N–H and O–H groups in total. The number of halogens is 2. The van der Waals surface area contributed by atoms with Crippen molar-refractivity contribution in [1.82, 2.24) is 15.1 Å². The van der Waals surface area contributed by atoms with Crippen molar-refractivity contribution in [3.8, 4) is 0 Å². The summed E-state index contributed by atoms with van der Waals surface area (Å²) in [5.41, 5.74) is 0.225. The maximum Gasteiger partial charge on any atom is 0.238 e. The highest BCUT2D eigenvalue weighted by Crippen LogP contribution is 2.19. The van der Waals surface area contributed by atoms with Crippen molar-refractivity contribution in [3.05, 3.63) is 29.0 Å². The van der Waals surface area contributed by atoms with Gasteiger partial charge in [0.25, 0.3) is 0 Å². The highest BCUT2D eigenvalue weighted by Gasteiger charge is 2.27. The summed E-state index contributed by atoms with van der Waals surface area (Å²) < 4.78 is 13.2. The minimum absolute atomic E-state index is 0.00841. The Morgan fingerprint density at radius 1 is 1.22 bits per heavy atom. The maximum absolute atomic E-state index is 13.2. The van der Waals surface area contributed by atoms with E-state index in [2.05, 4.69) is 20.4 Å². The fraction of sp³-hybridized carbons (Fsp3) is 0.579. The number of nitrogens with one attached hydrogen (secondary N) is 2. The van der Waals surface area contributed by atoms with Gasteiger partial charge in [-0.05, 0) is 45.9 Å². The molecule has 0 radical (unpaired) electrons. The van der Waals surface area contributed by atoms with Gasteiger partial charge in [-0.3, -0.25) is 19.4 Å². The second-order valence-electron chi connectivity index (χ2n) is 8.03. The molecule has 1 aliphatic rings. The molecule has 1 aromatic rings. The van der Waals surface area contributed by atoms with Crippen LogP contribution in [0.4, 0.5) is 10.1 Å². The molecule has 1 aliphatic heterocycles. The highest BCUT2D eigenvalue weighted by molar-refractivity contribution is 6.31. The Hall–Kier alpha value is -1.70. The Kier molecular flexibility index (Phi) is 7.19. The fourth-order valence-electron chi connectivity index (χ4n) is 3.07. The molecule has 1 atom stereocenters. The second-order valence-corrected chi connectivity index (χ2v) is 8.44. The summed E-state index contributed by atoms with van der Waals surface area (Å²) in [6, 6.07) is 4.24. The molecule has 2 amide bonds. The van der Waals surface area contributed by atoms with Gasteiger partial charge in [-0.2, -0.15) is 0 Å². The van der Waals surface area contributed by atoms with Crippen molar-refractivity contribution < 1.29 is 14.0 Å². The summed E-state index contributed by atoms with van der Waals surface area (Å²) in [6.07, 6.45) is 0. The van der Waals surface area contributed by atoms with E-state index in [0.717, 1.165) is 6.54 Å². The van der Waals surface area contributed by atoms with Crippen LogP contribution in [0.3, 0.4) is 0 Å². The lowest BCUT2D eigenvalue weighted by Gasteiger charge is -2.39. The first-order valence-electron chi connectivity index (χ1n) is 9.06. The lowest BCUT2D eigenvalue weighted by molar-refractivity contribution is -0.125. The SMILES string of the molecule is C[C@@H]1CN(CC(=O)NC(C)(C)C)CCN1CC(=O)Nc1ccc(F)c(Cl)c1. The summed E-state index contributed by atoms with van der Waals surface area (Å²) in [7, 11) is 0. The minimum Gasteiger partial charge on any atom is -0.350 e. The van der Waals surface area contributed by atoms with Gasteiger partial charge in [-0.15, -0.1) is 0 Å². The first-order chi connectivity index (χ1) is 12.5. The Morgan fingerprint density at radius 3 is 2.52 bits per heavy atom. The summed E-state index contributed by atoms with van der Waals surface area (Å²) in [4.78, 5) is 28.5. The molecule has 150 valence electrons. The molecule has 0 unspecified atom stereocenters. The van der Waals surface area contributed by atoms with E-state index in [9.17, 15) is 14.0 Å². The lowest BCUT2D eigenvalue weighted by atomic mass is 10.1. The van der Waals surface area contributed by atoms with Crippen LogP contribution in [0.1, 0.15) is 27.7 Å². The third-order valence-electron chi connectivity index (χ3n) is 4.28. The molecule has 1 fully saturated rings. The van der Waals surface area contributed by atoms with Crippen LogP contribution in [-0.2, 0) is 9.59 Å². The molecule has 0 aliphatic carbocycles. The maximum atomic E-state index is 13.2. The zero-order valence-corrected chi connectivity index (χ0v) is 17.1. The molecule has 1 aromatic carbocycles. The molecular formula is C19H28ClFN4O2. The van der Waals surface area contributed by atoms with E-state index in [1.807, 2.05) is 27.7 Å². The van der Waals surface area contributed by atoms with E-state index < -0.39 is 5.82 Å². The number of hydrogen-bond donors (Lipinski definition) is 2. The predicted octanol–water partition coefficient (Wildman–Crippen LogP) is 2.34. The first kappa shape index (κ1) is 21.6. The Balaban J connectivity index is 1.81. The number of piperazine rings is 1. The zero-order chi connectivity index (χ0) is 20.2. The number of hydrogen-bond acceptors (Lipinski definition) is 4. The van der Waals surface area contributed by atoms with Crippen molar-refractivity contribution in [2.75, 3.05) is 38.0 Å². The lowest BCUT2D eigenvalue weighted by Crippen LogP contribution is -2.56. The Bertz CT molecular complexity index is 693. The molecule has 1 heterocycles. The number of benzene rings is 1. The van der Waals surface area contributed by atoms with Crippen molar-refractivity contribution in [2.45, 2.75) is 39.3 Å². The number of anilines is 1. The fourth-order valence-corrected chi connectivity index (χ4v) is 3.25. The zero-order valence-electron chi connectivity index (χ0n) is 16.3. The van der Waals surface area contributed by atoms with Gasteiger partial charge in [-0.25, -0.2) is 4.39 Å². The monoisotopic (exact) mass is 398 g/mol. The van der Waals surface area contributed by atoms with Crippen LogP contribution in [0.25, 0.3) is 0 Å². The topological polar surface area (TPSA) is 64.7 Å². The molecule has 1 saturated heterocycles. The van der Waals surface area contributed by atoms with Crippen molar-refractivity contribution in [2.24, 2.45) is 0 Å². The van der Waals surface area contributed by atoms with Gasteiger partial charge in [0.05, 0.1) is 18.1 Å². The molecule has 0 bridgehead atoms. The van der Waals surface area contributed by atoms with Crippen molar-refractivity contribution in [1.29, 1.82) is 0 Å². The highest BCUT2D eigenvalue weighted by atomic mass is 35.5. The quantitative estimate of drug-likeness (QED) is 0.799.